The van der Waals surface area contributed by atoms with Gasteiger partial charge in [-0.15, -0.1) is 0 Å². The molecular weight excluding hydrogens is 296 g/mol. The molecule has 0 spiro atoms. The Morgan fingerprint density at radius 1 is 1.35 bits per heavy atom. The first-order valence-corrected chi connectivity index (χ1v) is 8.61. The molecule has 20 heavy (non-hydrogen) atoms. The van der Waals surface area contributed by atoms with E-state index < -0.39 is 15.3 Å². The Balaban J connectivity index is 2.90. The van der Waals surface area contributed by atoms with Crippen LogP contribution in [0.2, 0.25) is 5.02 Å². The molecule has 2 unspecified atom stereocenters. The molecule has 0 radical (unpaired) electrons. The van der Waals surface area contributed by atoms with Gasteiger partial charge in [-0.25, -0.2) is 8.42 Å². The van der Waals surface area contributed by atoms with Crippen LogP contribution < -0.4 is 5.32 Å². The number of nitrogens with zero attached hydrogens (tertiary/aromatic N) is 1. The summed E-state index contributed by atoms with van der Waals surface area (Å²) in [6, 6.07) is 7.05. The predicted octanol–water partition coefficient (Wildman–Crippen LogP) is 2.66. The van der Waals surface area contributed by atoms with Gasteiger partial charge in [-0.3, -0.25) is 0 Å². The monoisotopic (exact) mass is 318 g/mol. The molecule has 6 heteroatoms. The summed E-state index contributed by atoms with van der Waals surface area (Å²) in [7, 11) is -1.73. The molecule has 0 aliphatic heterocycles. The zero-order valence-electron chi connectivity index (χ0n) is 12.4. The average molecular weight is 319 g/mol. The lowest BCUT2D eigenvalue weighted by molar-refractivity contribution is 0.391. The van der Waals surface area contributed by atoms with Gasteiger partial charge in [-0.1, -0.05) is 30.7 Å². The summed E-state index contributed by atoms with van der Waals surface area (Å²) in [5.74, 6) is 0. The number of hydrogen-bond acceptors (Lipinski definition) is 3. The lowest BCUT2D eigenvalue weighted by Crippen LogP contribution is -2.41. The molecule has 1 aromatic carbocycles. The topological polar surface area (TPSA) is 49.4 Å². The van der Waals surface area contributed by atoms with Gasteiger partial charge in [0.1, 0.15) is 0 Å². The maximum atomic E-state index is 12.5. The van der Waals surface area contributed by atoms with Gasteiger partial charge in [0.2, 0.25) is 10.0 Å². The Kier molecular flexibility index (Phi) is 6.45. The third-order valence-corrected chi connectivity index (χ3v) is 6.01. The van der Waals surface area contributed by atoms with Crippen LogP contribution >= 0.6 is 11.6 Å². The Bertz CT molecular complexity index is 534. The first-order valence-electron chi connectivity index (χ1n) is 6.73. The second-order valence-electron chi connectivity index (χ2n) is 4.91. The van der Waals surface area contributed by atoms with E-state index in [1.165, 1.54) is 4.31 Å². The average Bonchev–Trinajstić information content (AvgIpc) is 2.42. The van der Waals surface area contributed by atoms with Crippen LogP contribution in [0.5, 0.6) is 0 Å². The normalized spacial score (nSPS) is 15.3. The summed E-state index contributed by atoms with van der Waals surface area (Å²) < 4.78 is 26.4. The first kappa shape index (κ1) is 17.4. The number of benzene rings is 1. The number of rotatable bonds is 7. The minimum atomic E-state index is -3.34. The van der Waals surface area contributed by atoms with Crippen molar-refractivity contribution in [3.8, 4) is 0 Å². The van der Waals surface area contributed by atoms with Gasteiger partial charge in [-0.05, 0) is 38.1 Å². The summed E-state index contributed by atoms with van der Waals surface area (Å²) in [4.78, 5) is 0. The van der Waals surface area contributed by atoms with E-state index in [-0.39, 0.29) is 6.04 Å². The molecule has 0 aliphatic carbocycles. The number of hydrogen-bond donors (Lipinski definition) is 1. The van der Waals surface area contributed by atoms with Crippen molar-refractivity contribution in [2.75, 3.05) is 20.1 Å². The summed E-state index contributed by atoms with van der Waals surface area (Å²) in [5, 5.41) is 3.22. The van der Waals surface area contributed by atoms with E-state index in [9.17, 15) is 8.42 Å². The van der Waals surface area contributed by atoms with Crippen LogP contribution in [0.1, 0.15) is 32.4 Å². The van der Waals surface area contributed by atoms with Gasteiger partial charge in [0.15, 0.2) is 0 Å². The second-order valence-corrected chi connectivity index (χ2v) is 7.76. The molecule has 2 atom stereocenters. The second kappa shape index (κ2) is 7.41. The fourth-order valence-electron chi connectivity index (χ4n) is 1.93. The van der Waals surface area contributed by atoms with Crippen LogP contribution in [0.4, 0.5) is 0 Å². The summed E-state index contributed by atoms with van der Waals surface area (Å²) in [6.07, 6.45) is 0. The van der Waals surface area contributed by atoms with Crippen LogP contribution in [0.25, 0.3) is 0 Å². The molecule has 0 heterocycles. The Hall–Kier alpha value is -0.620. The molecule has 114 valence electrons. The van der Waals surface area contributed by atoms with Crippen LogP contribution in [-0.2, 0) is 10.0 Å². The molecule has 1 rings (SSSR count). The highest BCUT2D eigenvalue weighted by Crippen LogP contribution is 2.25. The fourth-order valence-corrected chi connectivity index (χ4v) is 3.59. The van der Waals surface area contributed by atoms with Gasteiger partial charge in [-0.2, -0.15) is 4.31 Å². The van der Waals surface area contributed by atoms with Crippen LogP contribution in [0, 0.1) is 0 Å². The highest BCUT2D eigenvalue weighted by molar-refractivity contribution is 7.89. The van der Waals surface area contributed by atoms with Gasteiger partial charge >= 0.3 is 0 Å². The standard InChI is InChI=1S/C14H23ClN2O2S/c1-5-16-10-11(2)20(18,19)17(4)12(3)13-7-6-8-14(15)9-13/h6-9,11-12,16H,5,10H2,1-4H3. The van der Waals surface area contributed by atoms with Crippen molar-refractivity contribution in [2.45, 2.75) is 32.1 Å². The molecule has 0 fully saturated rings. The number of sulfonamides is 1. The van der Waals surface area contributed by atoms with E-state index in [2.05, 4.69) is 5.32 Å². The van der Waals surface area contributed by atoms with Crippen molar-refractivity contribution in [3.63, 3.8) is 0 Å². The Labute approximate surface area is 127 Å². The quantitative estimate of drug-likeness (QED) is 0.841. The third-order valence-electron chi connectivity index (χ3n) is 3.47. The molecule has 0 bridgehead atoms. The van der Waals surface area contributed by atoms with Crippen molar-refractivity contribution in [1.29, 1.82) is 0 Å². The Morgan fingerprint density at radius 3 is 2.55 bits per heavy atom. The lowest BCUT2D eigenvalue weighted by Gasteiger charge is -2.28. The lowest BCUT2D eigenvalue weighted by atomic mass is 10.1. The summed E-state index contributed by atoms with van der Waals surface area (Å²) in [5.41, 5.74) is 0.888. The largest absolute Gasteiger partial charge is 0.316 e. The number of halogens is 1. The molecule has 0 aromatic heterocycles. The predicted molar refractivity (Wildman–Crippen MR) is 84.6 cm³/mol. The molecule has 0 amide bonds. The minimum absolute atomic E-state index is 0.247. The summed E-state index contributed by atoms with van der Waals surface area (Å²) in [6.45, 7) is 6.75. The molecule has 0 saturated carbocycles. The molecule has 4 nitrogen and oxygen atoms in total. The van der Waals surface area contributed by atoms with Gasteiger partial charge < -0.3 is 5.32 Å². The van der Waals surface area contributed by atoms with Crippen molar-refractivity contribution < 1.29 is 8.42 Å². The minimum Gasteiger partial charge on any atom is -0.316 e. The zero-order chi connectivity index (χ0) is 15.3. The summed E-state index contributed by atoms with van der Waals surface area (Å²) >= 11 is 5.96. The van der Waals surface area contributed by atoms with Crippen molar-refractivity contribution in [1.82, 2.24) is 9.62 Å². The van der Waals surface area contributed by atoms with E-state index in [4.69, 9.17) is 11.6 Å². The smallest absolute Gasteiger partial charge is 0.218 e. The van der Waals surface area contributed by atoms with Gasteiger partial charge in [0.05, 0.1) is 5.25 Å². The molecule has 1 N–H and O–H groups in total. The maximum Gasteiger partial charge on any atom is 0.218 e. The van der Waals surface area contributed by atoms with Crippen LogP contribution in [0.15, 0.2) is 24.3 Å². The van der Waals surface area contributed by atoms with E-state index in [0.29, 0.717) is 11.6 Å². The SMILES string of the molecule is CCNCC(C)S(=O)(=O)N(C)C(C)c1cccc(Cl)c1. The van der Waals surface area contributed by atoms with Gasteiger partial charge in [0.25, 0.3) is 0 Å². The molecular formula is C14H23ClN2O2S. The molecule has 0 saturated heterocycles. The van der Waals surface area contributed by atoms with Crippen molar-refractivity contribution in [2.24, 2.45) is 0 Å². The number of nitrogens with one attached hydrogen (secondary N) is 1. The van der Waals surface area contributed by atoms with Crippen molar-refractivity contribution in [3.05, 3.63) is 34.9 Å². The van der Waals surface area contributed by atoms with E-state index in [0.717, 1.165) is 12.1 Å². The highest BCUT2D eigenvalue weighted by Gasteiger charge is 2.29. The fraction of sp³-hybridized carbons (Fsp3) is 0.571. The molecule has 1 aromatic rings. The maximum absolute atomic E-state index is 12.5. The van der Waals surface area contributed by atoms with E-state index >= 15 is 0 Å². The zero-order valence-corrected chi connectivity index (χ0v) is 14.0. The van der Waals surface area contributed by atoms with Gasteiger partial charge in [0, 0.05) is 24.7 Å². The van der Waals surface area contributed by atoms with Crippen LogP contribution in [-0.4, -0.2) is 38.1 Å². The first-order chi connectivity index (χ1) is 9.30. The third kappa shape index (κ3) is 4.19. The van der Waals surface area contributed by atoms with E-state index in [1.807, 2.05) is 26.0 Å². The molecule has 0 aliphatic rings. The highest BCUT2D eigenvalue weighted by atomic mass is 35.5. The van der Waals surface area contributed by atoms with Crippen molar-refractivity contribution >= 4 is 21.6 Å². The Morgan fingerprint density at radius 2 is 2.00 bits per heavy atom. The van der Waals surface area contributed by atoms with Crippen LogP contribution in [0.3, 0.4) is 0 Å². The van der Waals surface area contributed by atoms with E-state index in [1.54, 1.807) is 26.1 Å².